The molecule has 0 aliphatic carbocycles. The number of pyridine rings is 1. The molecule has 0 bridgehead atoms. The quantitative estimate of drug-likeness (QED) is 0.832. The van der Waals surface area contributed by atoms with E-state index < -0.39 is 22.2 Å². The van der Waals surface area contributed by atoms with E-state index in [2.05, 4.69) is 9.71 Å². The molecule has 2 heterocycles. The maximum Gasteiger partial charge on any atom is 0.322 e. The average molecular weight is 313 g/mol. The van der Waals surface area contributed by atoms with Gasteiger partial charge in [-0.05, 0) is 43.4 Å². The van der Waals surface area contributed by atoms with E-state index in [1.54, 1.807) is 18.5 Å². The van der Waals surface area contributed by atoms with Crippen LogP contribution >= 0.6 is 0 Å². The van der Waals surface area contributed by atoms with Gasteiger partial charge in [0, 0.05) is 25.5 Å². The molecule has 1 aliphatic rings. The minimum atomic E-state index is -3.81. The summed E-state index contributed by atoms with van der Waals surface area (Å²) in [5, 5.41) is 9.16. The van der Waals surface area contributed by atoms with Crippen molar-refractivity contribution in [3.8, 4) is 0 Å². The van der Waals surface area contributed by atoms with Gasteiger partial charge in [-0.3, -0.25) is 9.78 Å². The van der Waals surface area contributed by atoms with Crippen LogP contribution in [0.5, 0.6) is 0 Å². The second-order valence-corrected chi connectivity index (χ2v) is 6.80. The Bertz CT molecular complexity index is 618. The van der Waals surface area contributed by atoms with E-state index in [4.69, 9.17) is 5.11 Å². The zero-order valence-electron chi connectivity index (χ0n) is 11.8. The van der Waals surface area contributed by atoms with E-state index in [0.29, 0.717) is 12.8 Å². The van der Waals surface area contributed by atoms with Crippen molar-refractivity contribution >= 4 is 16.2 Å². The Labute approximate surface area is 124 Å². The lowest BCUT2D eigenvalue weighted by atomic mass is 10.1. The first-order valence-electron chi connectivity index (χ1n) is 6.80. The Balaban J connectivity index is 2.10. The summed E-state index contributed by atoms with van der Waals surface area (Å²) in [5.74, 6) is -1.10. The van der Waals surface area contributed by atoms with Crippen molar-refractivity contribution < 1.29 is 18.3 Å². The zero-order valence-corrected chi connectivity index (χ0v) is 12.6. The normalized spacial score (nSPS) is 20.3. The topological polar surface area (TPSA) is 99.6 Å². The summed E-state index contributed by atoms with van der Waals surface area (Å²) < 4.78 is 28.2. The number of carboxylic acids is 1. The molecule has 0 aromatic carbocycles. The molecule has 8 heteroatoms. The second-order valence-electron chi connectivity index (χ2n) is 5.09. The third kappa shape index (κ3) is 3.78. The van der Waals surface area contributed by atoms with Gasteiger partial charge < -0.3 is 5.11 Å². The molecule has 0 spiro atoms. The molecule has 1 fully saturated rings. The van der Waals surface area contributed by atoms with Gasteiger partial charge in [0.05, 0.1) is 0 Å². The molecule has 1 atom stereocenters. The van der Waals surface area contributed by atoms with Crippen molar-refractivity contribution in [3.63, 3.8) is 0 Å². The van der Waals surface area contributed by atoms with E-state index >= 15 is 0 Å². The Morgan fingerprint density at radius 2 is 2.29 bits per heavy atom. The van der Waals surface area contributed by atoms with Crippen LogP contribution in [0.25, 0.3) is 0 Å². The van der Waals surface area contributed by atoms with Crippen LogP contribution in [-0.2, 0) is 21.5 Å². The molecule has 7 nitrogen and oxygen atoms in total. The molecule has 0 amide bonds. The summed E-state index contributed by atoms with van der Waals surface area (Å²) in [5.41, 5.74) is 1.70. The molecule has 0 radical (unpaired) electrons. The molecule has 116 valence electrons. The van der Waals surface area contributed by atoms with Gasteiger partial charge in [0.25, 0.3) is 10.2 Å². The fourth-order valence-corrected chi connectivity index (χ4v) is 3.80. The second kappa shape index (κ2) is 6.50. The van der Waals surface area contributed by atoms with Gasteiger partial charge in [-0.2, -0.15) is 17.4 Å². The van der Waals surface area contributed by atoms with E-state index in [0.717, 1.165) is 21.9 Å². The van der Waals surface area contributed by atoms with E-state index in [-0.39, 0.29) is 13.1 Å². The van der Waals surface area contributed by atoms with Crippen molar-refractivity contribution in [1.29, 1.82) is 0 Å². The molecule has 2 N–H and O–H groups in total. The third-order valence-corrected chi connectivity index (χ3v) is 5.19. The summed E-state index contributed by atoms with van der Waals surface area (Å²) in [7, 11) is -3.81. The summed E-state index contributed by atoms with van der Waals surface area (Å²) in [6, 6.07) is 0.762. The number of aliphatic carboxylic acids is 1. The predicted octanol–water partition coefficient (Wildman–Crippen LogP) is 0.664. The zero-order chi connectivity index (χ0) is 15.5. The van der Waals surface area contributed by atoms with Crippen LogP contribution in [0.3, 0.4) is 0 Å². The highest BCUT2D eigenvalue weighted by Gasteiger charge is 2.36. The number of nitrogens with one attached hydrogen (secondary N) is 1. The van der Waals surface area contributed by atoms with E-state index in [1.807, 2.05) is 6.92 Å². The number of nitrogens with zero attached hydrogens (tertiary/aromatic N) is 2. The predicted molar refractivity (Wildman–Crippen MR) is 76.7 cm³/mol. The highest BCUT2D eigenvalue weighted by Crippen LogP contribution is 2.20. The maximum absolute atomic E-state index is 12.3. The number of aromatic nitrogens is 1. The fraction of sp³-hybridized carbons (Fsp3) is 0.538. The number of hydrogen-bond acceptors (Lipinski definition) is 4. The van der Waals surface area contributed by atoms with Gasteiger partial charge in [-0.1, -0.05) is 0 Å². The lowest BCUT2D eigenvalue weighted by molar-refractivity contribution is -0.142. The summed E-state index contributed by atoms with van der Waals surface area (Å²) in [6.07, 6.45) is 5.01. The molecule has 0 saturated carbocycles. The minimum absolute atomic E-state index is 0.125. The third-order valence-electron chi connectivity index (χ3n) is 3.63. The first kappa shape index (κ1) is 15.9. The van der Waals surface area contributed by atoms with Crippen LogP contribution in [0.1, 0.15) is 30.4 Å². The van der Waals surface area contributed by atoms with E-state index in [9.17, 15) is 13.2 Å². The first-order valence-corrected chi connectivity index (χ1v) is 8.24. The Morgan fingerprint density at radius 3 is 2.95 bits per heavy atom. The molecule has 1 saturated heterocycles. The number of carboxylic acid groups (broad SMARTS) is 1. The monoisotopic (exact) mass is 313 g/mol. The summed E-state index contributed by atoms with van der Waals surface area (Å²) in [6.45, 7) is 2.21. The number of carbonyl (C=O) groups is 1. The van der Waals surface area contributed by atoms with E-state index in [1.165, 1.54) is 0 Å². The van der Waals surface area contributed by atoms with Crippen LogP contribution in [0.2, 0.25) is 0 Å². The van der Waals surface area contributed by atoms with Crippen LogP contribution in [0.15, 0.2) is 18.5 Å². The van der Waals surface area contributed by atoms with Crippen molar-refractivity contribution in [2.24, 2.45) is 0 Å². The summed E-state index contributed by atoms with van der Waals surface area (Å²) >= 11 is 0. The van der Waals surface area contributed by atoms with Gasteiger partial charge in [0.1, 0.15) is 6.04 Å². The molecule has 1 aromatic heterocycles. The van der Waals surface area contributed by atoms with Crippen LogP contribution in [-0.4, -0.2) is 41.4 Å². The number of piperidine rings is 1. The van der Waals surface area contributed by atoms with Crippen LogP contribution in [0, 0.1) is 6.92 Å². The molecular formula is C13H19N3O4S. The Kier molecular flexibility index (Phi) is 4.92. The molecule has 1 aromatic rings. The molecule has 21 heavy (non-hydrogen) atoms. The number of aryl methyl sites for hydroxylation is 1. The highest BCUT2D eigenvalue weighted by molar-refractivity contribution is 7.87. The van der Waals surface area contributed by atoms with Gasteiger partial charge >= 0.3 is 5.97 Å². The minimum Gasteiger partial charge on any atom is -0.480 e. The molecule has 2 rings (SSSR count). The molecule has 1 aliphatic heterocycles. The van der Waals surface area contributed by atoms with Crippen LogP contribution in [0.4, 0.5) is 0 Å². The first-order chi connectivity index (χ1) is 9.92. The molecule has 1 unspecified atom stereocenters. The lowest BCUT2D eigenvalue weighted by Gasteiger charge is -2.31. The van der Waals surface area contributed by atoms with Gasteiger partial charge in [0.2, 0.25) is 0 Å². The van der Waals surface area contributed by atoms with Crippen LogP contribution < -0.4 is 4.72 Å². The maximum atomic E-state index is 12.3. The van der Waals surface area contributed by atoms with Gasteiger partial charge in [-0.15, -0.1) is 0 Å². The Morgan fingerprint density at radius 1 is 1.52 bits per heavy atom. The van der Waals surface area contributed by atoms with Crippen molar-refractivity contribution in [1.82, 2.24) is 14.0 Å². The average Bonchev–Trinajstić information content (AvgIpc) is 2.46. The van der Waals surface area contributed by atoms with Crippen molar-refractivity contribution in [3.05, 3.63) is 29.6 Å². The van der Waals surface area contributed by atoms with Gasteiger partial charge in [0.15, 0.2) is 0 Å². The Hall–Kier alpha value is -1.51. The standard InChI is InChI=1S/C13H19N3O4S/c1-10-8-14-6-5-11(10)9-15-21(19,20)16-7-3-2-4-12(16)13(17)18/h5-6,8,12,15H,2-4,7,9H2,1H3,(H,17,18). The van der Waals surface area contributed by atoms with Gasteiger partial charge in [-0.25, -0.2) is 0 Å². The fourth-order valence-electron chi connectivity index (χ4n) is 2.39. The SMILES string of the molecule is Cc1cnccc1CNS(=O)(=O)N1CCCCC1C(=O)O. The highest BCUT2D eigenvalue weighted by atomic mass is 32.2. The van der Waals surface area contributed by atoms with Crippen molar-refractivity contribution in [2.75, 3.05) is 6.54 Å². The molecular weight excluding hydrogens is 294 g/mol. The van der Waals surface area contributed by atoms with Crippen molar-refractivity contribution in [2.45, 2.75) is 38.8 Å². The number of rotatable bonds is 5. The summed E-state index contributed by atoms with van der Waals surface area (Å²) in [4.78, 5) is 15.1. The largest absolute Gasteiger partial charge is 0.480 e. The smallest absolute Gasteiger partial charge is 0.322 e. The lowest BCUT2D eigenvalue weighted by Crippen LogP contribution is -2.51. The number of hydrogen-bond donors (Lipinski definition) is 2.